The van der Waals surface area contributed by atoms with E-state index in [0.717, 1.165) is 0 Å². The first-order chi connectivity index (χ1) is 6.71. The fourth-order valence-corrected chi connectivity index (χ4v) is 0.741. The van der Waals surface area contributed by atoms with Crippen molar-refractivity contribution in [3.63, 3.8) is 0 Å². The normalized spacial score (nSPS) is 15.2. The summed E-state index contributed by atoms with van der Waals surface area (Å²) in [7, 11) is -7.10. The van der Waals surface area contributed by atoms with Crippen LogP contribution in [0.1, 0.15) is 0 Å². The van der Waals surface area contributed by atoms with Gasteiger partial charge in [-0.15, -0.1) is 0 Å². The zero-order valence-corrected chi connectivity index (χ0v) is 7.68. The van der Waals surface area contributed by atoms with Crippen molar-refractivity contribution in [3.05, 3.63) is 0 Å². The molecule has 16 heavy (non-hydrogen) atoms. The predicted octanol–water partition coefficient (Wildman–Crippen LogP) is 2.05. The minimum atomic E-state index is -7.10. The van der Waals surface area contributed by atoms with Gasteiger partial charge in [-0.25, -0.2) is 0 Å². The SMILES string of the molecule is O=S(=O)(F)C(F)(F)C(F)(F)OCC(F)(F)F. The van der Waals surface area contributed by atoms with Crippen LogP contribution in [0.15, 0.2) is 0 Å². The third kappa shape index (κ3) is 3.43. The predicted molar refractivity (Wildman–Crippen MR) is 31.9 cm³/mol. The molecule has 0 bridgehead atoms. The molecule has 3 nitrogen and oxygen atoms in total. The van der Waals surface area contributed by atoms with Crippen LogP contribution in [0.3, 0.4) is 0 Å². The fraction of sp³-hybridized carbons (Fsp3) is 1.00. The molecule has 0 amide bonds. The Morgan fingerprint density at radius 1 is 0.938 bits per heavy atom. The van der Waals surface area contributed by atoms with Crippen molar-refractivity contribution in [2.75, 3.05) is 6.61 Å². The Labute approximate surface area is 83.2 Å². The molecule has 0 aliphatic rings. The zero-order chi connectivity index (χ0) is 13.4. The molecule has 0 N–H and O–H groups in total. The molecular formula is C4H2F8O3S. The lowest BCUT2D eigenvalue weighted by Crippen LogP contribution is -2.48. The van der Waals surface area contributed by atoms with Gasteiger partial charge in [0, 0.05) is 0 Å². The lowest BCUT2D eigenvalue weighted by atomic mass is 10.6. The smallest absolute Gasteiger partial charge is 0.305 e. The van der Waals surface area contributed by atoms with E-state index < -0.39 is 34.4 Å². The molecular weight excluding hydrogens is 280 g/mol. The second-order valence-electron chi connectivity index (χ2n) is 2.38. The molecule has 0 aliphatic carbocycles. The first kappa shape index (κ1) is 15.3. The van der Waals surface area contributed by atoms with Crippen molar-refractivity contribution in [2.45, 2.75) is 17.5 Å². The highest BCUT2D eigenvalue weighted by molar-refractivity contribution is 7.87. The van der Waals surface area contributed by atoms with Gasteiger partial charge in [0.1, 0.15) is 6.61 Å². The van der Waals surface area contributed by atoms with Crippen molar-refractivity contribution in [1.82, 2.24) is 0 Å². The Balaban J connectivity index is 4.94. The highest BCUT2D eigenvalue weighted by Gasteiger charge is 2.69. The first-order valence-electron chi connectivity index (χ1n) is 3.11. The summed E-state index contributed by atoms with van der Waals surface area (Å²) in [6, 6.07) is 0. The third-order valence-corrected chi connectivity index (χ3v) is 1.91. The van der Waals surface area contributed by atoms with E-state index in [9.17, 15) is 43.0 Å². The highest BCUT2D eigenvalue weighted by Crippen LogP contribution is 2.41. The monoisotopic (exact) mass is 282 g/mol. The summed E-state index contributed by atoms with van der Waals surface area (Å²) in [6.07, 6.45) is -11.5. The Bertz CT molecular complexity index is 343. The Hall–Kier alpha value is -0.650. The largest absolute Gasteiger partial charge is 0.464 e. The molecule has 0 saturated heterocycles. The van der Waals surface area contributed by atoms with Gasteiger partial charge in [-0.05, 0) is 0 Å². The molecule has 0 aromatic carbocycles. The summed E-state index contributed by atoms with van der Waals surface area (Å²) in [6.45, 7) is -2.86. The van der Waals surface area contributed by atoms with Crippen LogP contribution < -0.4 is 0 Å². The maximum absolute atomic E-state index is 12.1. The average Bonchev–Trinajstić information content (AvgIpc) is 1.97. The molecule has 0 aromatic heterocycles. The van der Waals surface area contributed by atoms with Gasteiger partial charge in [0.2, 0.25) is 0 Å². The topological polar surface area (TPSA) is 43.4 Å². The average molecular weight is 282 g/mol. The standard InChI is InChI=1S/C4H2F8O3S/c5-2(6,7)1-15-3(8,9)4(10,11)16(12,13)14/h1H2. The van der Waals surface area contributed by atoms with E-state index in [1.165, 1.54) is 0 Å². The van der Waals surface area contributed by atoms with Crippen LogP contribution in [0.5, 0.6) is 0 Å². The van der Waals surface area contributed by atoms with Gasteiger partial charge in [-0.2, -0.15) is 39.2 Å². The summed E-state index contributed by atoms with van der Waals surface area (Å²) in [5.41, 5.74) is 0. The van der Waals surface area contributed by atoms with Crippen molar-refractivity contribution >= 4 is 10.2 Å². The quantitative estimate of drug-likeness (QED) is 0.585. The van der Waals surface area contributed by atoms with Crippen LogP contribution in [0.2, 0.25) is 0 Å². The Morgan fingerprint density at radius 3 is 1.56 bits per heavy atom. The van der Waals surface area contributed by atoms with Crippen molar-refractivity contribution in [1.29, 1.82) is 0 Å². The number of alkyl halides is 7. The molecule has 0 unspecified atom stereocenters. The summed E-state index contributed by atoms with van der Waals surface area (Å²) in [5, 5.41) is -6.40. The molecule has 0 aliphatic heterocycles. The summed E-state index contributed by atoms with van der Waals surface area (Å²) in [5.74, 6) is 0. The van der Waals surface area contributed by atoms with Gasteiger partial charge in [-0.1, -0.05) is 3.89 Å². The number of halogens is 8. The van der Waals surface area contributed by atoms with Gasteiger partial charge in [0.15, 0.2) is 0 Å². The van der Waals surface area contributed by atoms with Crippen LogP contribution in [0.4, 0.5) is 34.6 Å². The van der Waals surface area contributed by atoms with Crippen LogP contribution in [-0.4, -0.2) is 32.6 Å². The third-order valence-electron chi connectivity index (χ3n) is 1.06. The van der Waals surface area contributed by atoms with E-state index in [-0.39, 0.29) is 0 Å². The number of hydrogen-bond acceptors (Lipinski definition) is 3. The zero-order valence-electron chi connectivity index (χ0n) is 6.86. The van der Waals surface area contributed by atoms with Crippen molar-refractivity contribution in [3.8, 4) is 0 Å². The second-order valence-corrected chi connectivity index (χ2v) is 3.76. The fourth-order valence-electron chi connectivity index (χ4n) is 0.398. The molecule has 0 heterocycles. The van der Waals surface area contributed by atoms with E-state index in [1.54, 1.807) is 0 Å². The minimum absolute atomic E-state index is 2.36. The number of rotatable bonds is 4. The van der Waals surface area contributed by atoms with Crippen LogP contribution in [0, 0.1) is 0 Å². The van der Waals surface area contributed by atoms with Crippen LogP contribution >= 0.6 is 0 Å². The summed E-state index contributed by atoms with van der Waals surface area (Å²) in [4.78, 5) is 0. The van der Waals surface area contributed by atoms with Crippen molar-refractivity contribution < 1.29 is 47.8 Å². The van der Waals surface area contributed by atoms with Gasteiger partial charge in [-0.3, -0.25) is 0 Å². The van der Waals surface area contributed by atoms with E-state index in [2.05, 4.69) is 4.74 Å². The van der Waals surface area contributed by atoms with E-state index in [4.69, 9.17) is 0 Å². The maximum Gasteiger partial charge on any atom is 0.464 e. The molecule has 0 aromatic rings. The molecule has 0 rings (SSSR count). The van der Waals surface area contributed by atoms with Gasteiger partial charge >= 0.3 is 27.8 Å². The van der Waals surface area contributed by atoms with Gasteiger partial charge < -0.3 is 4.74 Å². The lowest BCUT2D eigenvalue weighted by Gasteiger charge is -2.23. The molecule has 0 saturated carbocycles. The maximum atomic E-state index is 12.1. The molecule has 98 valence electrons. The summed E-state index contributed by atoms with van der Waals surface area (Å²) >= 11 is 0. The molecule has 0 spiro atoms. The number of ether oxygens (including phenoxy) is 1. The van der Waals surface area contributed by atoms with Crippen LogP contribution in [-0.2, 0) is 15.0 Å². The molecule has 0 radical (unpaired) electrons. The van der Waals surface area contributed by atoms with Gasteiger partial charge in [0.25, 0.3) is 0 Å². The lowest BCUT2D eigenvalue weighted by molar-refractivity contribution is -0.343. The highest BCUT2D eigenvalue weighted by atomic mass is 32.3. The van der Waals surface area contributed by atoms with E-state index >= 15 is 0 Å². The molecule has 0 atom stereocenters. The second kappa shape index (κ2) is 3.98. The van der Waals surface area contributed by atoms with E-state index in [0.29, 0.717) is 0 Å². The summed E-state index contributed by atoms with van der Waals surface area (Å²) < 4.78 is 116. The Kier molecular flexibility index (Phi) is 3.82. The molecule has 0 fully saturated rings. The first-order valence-corrected chi connectivity index (χ1v) is 4.49. The van der Waals surface area contributed by atoms with Gasteiger partial charge in [0.05, 0.1) is 0 Å². The van der Waals surface area contributed by atoms with Crippen LogP contribution in [0.25, 0.3) is 0 Å². The number of hydrogen-bond donors (Lipinski definition) is 0. The van der Waals surface area contributed by atoms with E-state index in [1.807, 2.05) is 0 Å². The minimum Gasteiger partial charge on any atom is -0.305 e. The van der Waals surface area contributed by atoms with Crippen molar-refractivity contribution in [2.24, 2.45) is 0 Å². The Morgan fingerprint density at radius 2 is 1.31 bits per heavy atom. The molecule has 12 heteroatoms.